The average molecular weight is 258 g/mol. The number of halogens is 1. The van der Waals surface area contributed by atoms with E-state index in [0.717, 1.165) is 15.9 Å². The minimum absolute atomic E-state index is 0.204. The molecule has 0 N–H and O–H groups in total. The molecule has 76 valence electrons. The van der Waals surface area contributed by atoms with Gasteiger partial charge in [0, 0.05) is 5.69 Å². The van der Waals surface area contributed by atoms with Gasteiger partial charge in [-0.2, -0.15) is 0 Å². The highest BCUT2D eigenvalue weighted by Crippen LogP contribution is 2.12. The lowest BCUT2D eigenvalue weighted by Crippen LogP contribution is -2.07. The molecule has 0 bridgehead atoms. The van der Waals surface area contributed by atoms with Crippen molar-refractivity contribution in [3.8, 4) is 0 Å². The molecule has 14 heavy (non-hydrogen) atoms. The first kappa shape index (κ1) is 11.2. The Morgan fingerprint density at radius 2 is 2.29 bits per heavy atom. The number of carbonyl (C=O) groups is 1. The molecule has 0 aliphatic rings. The molecule has 0 saturated carbocycles. The van der Waals surface area contributed by atoms with Gasteiger partial charge < -0.3 is 4.74 Å². The van der Waals surface area contributed by atoms with Gasteiger partial charge in [0.2, 0.25) is 0 Å². The van der Waals surface area contributed by atoms with Gasteiger partial charge in [0.05, 0.1) is 13.0 Å². The van der Waals surface area contributed by atoms with Crippen molar-refractivity contribution in [1.29, 1.82) is 0 Å². The van der Waals surface area contributed by atoms with Gasteiger partial charge in [-0.1, -0.05) is 0 Å². The van der Waals surface area contributed by atoms with E-state index in [4.69, 9.17) is 4.74 Å². The van der Waals surface area contributed by atoms with E-state index in [1.807, 2.05) is 19.1 Å². The maximum Gasteiger partial charge on any atom is 0.310 e. The van der Waals surface area contributed by atoms with Gasteiger partial charge in [-0.25, -0.2) is 4.98 Å². The van der Waals surface area contributed by atoms with Gasteiger partial charge in [0.25, 0.3) is 0 Å². The van der Waals surface area contributed by atoms with Crippen molar-refractivity contribution in [2.24, 2.45) is 0 Å². The lowest BCUT2D eigenvalue weighted by Gasteiger charge is -2.03. The van der Waals surface area contributed by atoms with Gasteiger partial charge in [-0.15, -0.1) is 0 Å². The zero-order valence-electron chi connectivity index (χ0n) is 8.21. The maximum absolute atomic E-state index is 11.2. The molecule has 3 nitrogen and oxygen atoms in total. The summed E-state index contributed by atoms with van der Waals surface area (Å²) in [6, 6.07) is 3.70. The van der Waals surface area contributed by atoms with Crippen molar-refractivity contribution in [2.75, 3.05) is 6.61 Å². The molecule has 0 atom stereocenters. The van der Waals surface area contributed by atoms with E-state index in [2.05, 4.69) is 20.9 Å². The lowest BCUT2D eigenvalue weighted by atomic mass is 10.2. The maximum atomic E-state index is 11.2. The summed E-state index contributed by atoms with van der Waals surface area (Å²) in [6.07, 6.45) is 0.301. The van der Waals surface area contributed by atoms with Gasteiger partial charge >= 0.3 is 5.97 Å². The highest BCUT2D eigenvalue weighted by atomic mass is 79.9. The molecule has 0 radical (unpaired) electrons. The summed E-state index contributed by atoms with van der Waals surface area (Å²) in [5.41, 5.74) is 1.81. The van der Waals surface area contributed by atoms with E-state index in [0.29, 0.717) is 13.0 Å². The second kappa shape index (κ2) is 5.10. The predicted octanol–water partition coefficient (Wildman–Crippen LogP) is 2.26. The van der Waals surface area contributed by atoms with Crippen molar-refractivity contribution < 1.29 is 9.53 Å². The molecule has 1 rings (SSSR count). The molecule has 0 aliphatic carbocycles. The fraction of sp³-hybridized carbons (Fsp3) is 0.400. The minimum Gasteiger partial charge on any atom is -0.466 e. The van der Waals surface area contributed by atoms with Crippen LogP contribution in [0.2, 0.25) is 0 Å². The van der Waals surface area contributed by atoms with Crippen molar-refractivity contribution >= 4 is 21.9 Å². The molecule has 4 heteroatoms. The van der Waals surface area contributed by atoms with E-state index >= 15 is 0 Å². The first-order chi connectivity index (χ1) is 6.61. The standard InChI is InChI=1S/C10H12BrNO2/c1-3-14-10(13)6-8-4-7(2)12-9(11)5-8/h4-5H,3,6H2,1-2H3. The SMILES string of the molecule is CCOC(=O)Cc1cc(C)nc(Br)c1. The molecule has 0 fully saturated rings. The highest BCUT2D eigenvalue weighted by molar-refractivity contribution is 9.10. The van der Waals surface area contributed by atoms with Crippen molar-refractivity contribution in [1.82, 2.24) is 4.98 Å². The van der Waals surface area contributed by atoms with Crippen LogP contribution in [0, 0.1) is 6.92 Å². The Labute approximate surface area is 91.6 Å². The third-order valence-electron chi connectivity index (χ3n) is 1.64. The van der Waals surface area contributed by atoms with E-state index in [1.165, 1.54) is 0 Å². The molecule has 0 aliphatic heterocycles. The number of esters is 1. The third-order valence-corrected chi connectivity index (χ3v) is 2.04. The molecule has 1 aromatic heterocycles. The number of aryl methyl sites for hydroxylation is 1. The Morgan fingerprint density at radius 3 is 2.86 bits per heavy atom. The number of hydrogen-bond acceptors (Lipinski definition) is 3. The van der Waals surface area contributed by atoms with Crippen LogP contribution in [0.4, 0.5) is 0 Å². The molecule has 0 saturated heterocycles. The van der Waals surface area contributed by atoms with Crippen LogP contribution in [0.25, 0.3) is 0 Å². The normalized spacial score (nSPS) is 9.93. The summed E-state index contributed by atoms with van der Waals surface area (Å²) in [7, 11) is 0. The van der Waals surface area contributed by atoms with Gasteiger partial charge in [0.15, 0.2) is 0 Å². The zero-order chi connectivity index (χ0) is 10.6. The summed E-state index contributed by atoms with van der Waals surface area (Å²) >= 11 is 3.28. The second-order valence-corrected chi connectivity index (χ2v) is 3.73. The monoisotopic (exact) mass is 257 g/mol. The summed E-state index contributed by atoms with van der Waals surface area (Å²) in [4.78, 5) is 15.3. The Balaban J connectivity index is 2.71. The van der Waals surface area contributed by atoms with E-state index in [9.17, 15) is 4.79 Å². The van der Waals surface area contributed by atoms with Crippen LogP contribution in [-0.4, -0.2) is 17.6 Å². The smallest absolute Gasteiger partial charge is 0.310 e. The Hall–Kier alpha value is -0.900. The Bertz CT molecular complexity index is 319. The zero-order valence-corrected chi connectivity index (χ0v) is 9.80. The summed E-state index contributed by atoms with van der Waals surface area (Å²) in [5, 5.41) is 0. The van der Waals surface area contributed by atoms with Crippen LogP contribution < -0.4 is 0 Å². The fourth-order valence-electron chi connectivity index (χ4n) is 1.18. The molecular formula is C10H12BrNO2. The number of ether oxygens (including phenoxy) is 1. The van der Waals surface area contributed by atoms with Crippen molar-refractivity contribution in [3.63, 3.8) is 0 Å². The lowest BCUT2D eigenvalue weighted by molar-refractivity contribution is -0.142. The molecule has 0 amide bonds. The Morgan fingerprint density at radius 1 is 1.57 bits per heavy atom. The van der Waals surface area contributed by atoms with Gasteiger partial charge in [-0.3, -0.25) is 4.79 Å². The molecule has 0 unspecified atom stereocenters. The number of aromatic nitrogens is 1. The first-order valence-corrected chi connectivity index (χ1v) is 5.20. The average Bonchev–Trinajstić information content (AvgIpc) is 2.01. The van der Waals surface area contributed by atoms with Crippen LogP contribution in [0.1, 0.15) is 18.2 Å². The largest absolute Gasteiger partial charge is 0.466 e. The van der Waals surface area contributed by atoms with E-state index in [-0.39, 0.29) is 5.97 Å². The summed E-state index contributed by atoms with van der Waals surface area (Å²) < 4.78 is 5.60. The van der Waals surface area contributed by atoms with Crippen LogP contribution in [0.15, 0.2) is 16.7 Å². The molecular weight excluding hydrogens is 246 g/mol. The van der Waals surface area contributed by atoms with Crippen LogP contribution in [0.5, 0.6) is 0 Å². The third kappa shape index (κ3) is 3.46. The fourth-order valence-corrected chi connectivity index (χ4v) is 1.75. The number of rotatable bonds is 3. The first-order valence-electron chi connectivity index (χ1n) is 4.40. The minimum atomic E-state index is -0.204. The molecule has 0 aromatic carbocycles. The molecule has 0 spiro atoms. The molecule has 1 heterocycles. The predicted molar refractivity (Wildman–Crippen MR) is 57.0 cm³/mol. The molecule has 1 aromatic rings. The topological polar surface area (TPSA) is 39.2 Å². The quantitative estimate of drug-likeness (QED) is 0.616. The van der Waals surface area contributed by atoms with Crippen molar-refractivity contribution in [3.05, 3.63) is 28.0 Å². The second-order valence-electron chi connectivity index (χ2n) is 2.92. The number of hydrogen-bond donors (Lipinski definition) is 0. The van der Waals surface area contributed by atoms with Crippen LogP contribution in [-0.2, 0) is 16.0 Å². The Kier molecular flexibility index (Phi) is 4.07. The summed E-state index contributed by atoms with van der Waals surface area (Å²) in [6.45, 7) is 4.11. The van der Waals surface area contributed by atoms with Crippen LogP contribution >= 0.6 is 15.9 Å². The number of nitrogens with zero attached hydrogens (tertiary/aromatic N) is 1. The highest BCUT2D eigenvalue weighted by Gasteiger charge is 2.05. The van der Waals surface area contributed by atoms with E-state index in [1.54, 1.807) is 6.92 Å². The van der Waals surface area contributed by atoms with Crippen molar-refractivity contribution in [2.45, 2.75) is 20.3 Å². The van der Waals surface area contributed by atoms with Gasteiger partial charge in [0.1, 0.15) is 4.60 Å². The number of carbonyl (C=O) groups excluding carboxylic acids is 1. The van der Waals surface area contributed by atoms with Crippen LogP contribution in [0.3, 0.4) is 0 Å². The summed E-state index contributed by atoms with van der Waals surface area (Å²) in [5.74, 6) is -0.204. The van der Waals surface area contributed by atoms with E-state index < -0.39 is 0 Å². The van der Waals surface area contributed by atoms with Gasteiger partial charge in [-0.05, 0) is 47.5 Å². The number of pyridine rings is 1.